The molecule has 0 saturated carbocycles. The number of carbonyl (C=O) groups excluding carboxylic acids is 2. The molecule has 1 aliphatic rings. The Kier molecular flexibility index (Phi) is 6.49. The van der Waals surface area contributed by atoms with Crippen molar-refractivity contribution in [3.63, 3.8) is 0 Å². The molecule has 0 aromatic heterocycles. The number of hydrogen-bond acceptors (Lipinski definition) is 4. The number of ketones is 1. The van der Waals surface area contributed by atoms with E-state index in [1.807, 2.05) is 6.07 Å². The van der Waals surface area contributed by atoms with Crippen LogP contribution in [-0.2, 0) is 14.8 Å². The molecule has 0 bridgehead atoms. The van der Waals surface area contributed by atoms with E-state index in [0.717, 1.165) is 0 Å². The van der Waals surface area contributed by atoms with Gasteiger partial charge in [0.2, 0.25) is 15.9 Å². The normalized spacial score (nSPS) is 15.4. The van der Waals surface area contributed by atoms with Crippen molar-refractivity contribution >= 4 is 33.3 Å². The minimum absolute atomic E-state index is 0.0730. The summed E-state index contributed by atoms with van der Waals surface area (Å²) in [4.78, 5) is 26.3. The van der Waals surface area contributed by atoms with Crippen LogP contribution in [0.2, 0.25) is 5.02 Å². The Hall–Kier alpha value is -2.22. The van der Waals surface area contributed by atoms with Gasteiger partial charge in [-0.1, -0.05) is 48.0 Å². The highest BCUT2D eigenvalue weighted by atomic mass is 35.5. The smallest absolute Gasteiger partial charge is 0.243 e. The number of piperazine rings is 1. The highest BCUT2D eigenvalue weighted by molar-refractivity contribution is 7.89. The highest BCUT2D eigenvalue weighted by Gasteiger charge is 2.30. The van der Waals surface area contributed by atoms with Gasteiger partial charge in [0.15, 0.2) is 5.78 Å². The van der Waals surface area contributed by atoms with Crippen molar-refractivity contribution in [3.8, 4) is 0 Å². The molecule has 148 valence electrons. The molecule has 2 aromatic rings. The molecular formula is C20H21ClN2O4S. The Morgan fingerprint density at radius 1 is 0.893 bits per heavy atom. The fourth-order valence-corrected chi connectivity index (χ4v) is 4.82. The lowest BCUT2D eigenvalue weighted by molar-refractivity contribution is -0.132. The standard InChI is InChI=1S/C20H21ClN2O4S/c21-17-7-4-8-18(15-17)28(26,27)23-13-11-22(12-14-23)20(25)10-9-19(24)16-5-2-1-3-6-16/h1-8,15H,9-14H2. The fraction of sp³-hybridized carbons (Fsp3) is 0.300. The Labute approximate surface area is 169 Å². The first kappa shape index (κ1) is 20.5. The van der Waals surface area contributed by atoms with Crippen LogP contribution in [0, 0.1) is 0 Å². The zero-order chi connectivity index (χ0) is 20.1. The average Bonchev–Trinajstić information content (AvgIpc) is 2.72. The second-order valence-electron chi connectivity index (χ2n) is 6.53. The van der Waals surface area contributed by atoms with E-state index in [1.165, 1.54) is 16.4 Å². The molecule has 8 heteroatoms. The SMILES string of the molecule is O=C(CCC(=O)N1CCN(S(=O)(=O)c2cccc(Cl)c2)CC1)c1ccccc1. The molecule has 2 aromatic carbocycles. The van der Waals surface area contributed by atoms with E-state index in [-0.39, 0.29) is 42.5 Å². The van der Waals surface area contributed by atoms with E-state index in [9.17, 15) is 18.0 Å². The third-order valence-electron chi connectivity index (χ3n) is 4.69. The lowest BCUT2D eigenvalue weighted by Crippen LogP contribution is -2.50. The minimum atomic E-state index is -3.64. The minimum Gasteiger partial charge on any atom is -0.340 e. The molecular weight excluding hydrogens is 400 g/mol. The number of carbonyl (C=O) groups is 2. The molecule has 1 aliphatic heterocycles. The zero-order valence-corrected chi connectivity index (χ0v) is 16.8. The van der Waals surface area contributed by atoms with Crippen LogP contribution in [0.4, 0.5) is 0 Å². The molecule has 0 radical (unpaired) electrons. The summed E-state index contributed by atoms with van der Waals surface area (Å²) in [5.74, 6) is -0.208. The van der Waals surface area contributed by atoms with Crippen LogP contribution >= 0.6 is 11.6 Å². The Bertz CT molecular complexity index is 955. The van der Waals surface area contributed by atoms with Crippen molar-refractivity contribution < 1.29 is 18.0 Å². The average molecular weight is 421 g/mol. The van der Waals surface area contributed by atoms with Gasteiger partial charge in [-0.2, -0.15) is 4.31 Å². The molecule has 0 unspecified atom stereocenters. The molecule has 3 rings (SSSR count). The van der Waals surface area contributed by atoms with Gasteiger partial charge in [0.1, 0.15) is 0 Å². The van der Waals surface area contributed by atoms with Crippen molar-refractivity contribution in [2.24, 2.45) is 0 Å². The van der Waals surface area contributed by atoms with E-state index in [4.69, 9.17) is 11.6 Å². The second kappa shape index (κ2) is 8.86. The third-order valence-corrected chi connectivity index (χ3v) is 6.82. The van der Waals surface area contributed by atoms with Crippen LogP contribution in [0.5, 0.6) is 0 Å². The summed E-state index contributed by atoms with van der Waals surface area (Å²) >= 11 is 5.90. The molecule has 0 atom stereocenters. The van der Waals surface area contributed by atoms with Gasteiger partial charge in [0.25, 0.3) is 0 Å². The van der Waals surface area contributed by atoms with E-state index < -0.39 is 10.0 Å². The van der Waals surface area contributed by atoms with Gasteiger partial charge >= 0.3 is 0 Å². The molecule has 1 amide bonds. The van der Waals surface area contributed by atoms with E-state index in [1.54, 1.807) is 41.3 Å². The van der Waals surface area contributed by atoms with Gasteiger partial charge in [-0.3, -0.25) is 9.59 Å². The predicted octanol–water partition coefficient (Wildman–Crippen LogP) is 2.84. The first-order chi connectivity index (χ1) is 13.4. The summed E-state index contributed by atoms with van der Waals surface area (Å²) in [5, 5.41) is 0.359. The summed E-state index contributed by atoms with van der Waals surface area (Å²) in [7, 11) is -3.64. The maximum atomic E-state index is 12.7. The topological polar surface area (TPSA) is 74.8 Å². The monoisotopic (exact) mass is 420 g/mol. The van der Waals surface area contributed by atoms with Crippen LogP contribution < -0.4 is 0 Å². The van der Waals surface area contributed by atoms with E-state index in [2.05, 4.69) is 0 Å². The number of amides is 1. The number of Topliss-reactive ketones (excluding diaryl/α,β-unsaturated/α-hetero) is 1. The number of halogens is 1. The largest absolute Gasteiger partial charge is 0.340 e. The molecule has 1 fully saturated rings. The molecule has 1 heterocycles. The quantitative estimate of drug-likeness (QED) is 0.673. The van der Waals surface area contributed by atoms with Gasteiger partial charge in [-0.15, -0.1) is 0 Å². The van der Waals surface area contributed by atoms with Gasteiger partial charge in [0.05, 0.1) is 4.90 Å². The number of hydrogen-bond donors (Lipinski definition) is 0. The number of rotatable bonds is 6. The summed E-state index contributed by atoms with van der Waals surface area (Å²) < 4.78 is 26.8. The van der Waals surface area contributed by atoms with E-state index >= 15 is 0 Å². The molecule has 6 nitrogen and oxygen atoms in total. The van der Waals surface area contributed by atoms with Crippen LogP contribution in [0.1, 0.15) is 23.2 Å². The number of sulfonamides is 1. The van der Waals surface area contributed by atoms with E-state index in [0.29, 0.717) is 23.7 Å². The van der Waals surface area contributed by atoms with Crippen molar-refractivity contribution in [1.29, 1.82) is 0 Å². The molecule has 0 spiro atoms. The van der Waals surface area contributed by atoms with Gasteiger partial charge in [-0.05, 0) is 18.2 Å². The van der Waals surface area contributed by atoms with Crippen molar-refractivity contribution in [1.82, 2.24) is 9.21 Å². The van der Waals surface area contributed by atoms with Crippen molar-refractivity contribution in [2.45, 2.75) is 17.7 Å². The van der Waals surface area contributed by atoms with Crippen LogP contribution in [0.15, 0.2) is 59.5 Å². The van der Waals surface area contributed by atoms with Gasteiger partial charge < -0.3 is 4.90 Å². The molecule has 0 aliphatic carbocycles. The second-order valence-corrected chi connectivity index (χ2v) is 8.91. The summed E-state index contributed by atoms with van der Waals surface area (Å²) in [6, 6.07) is 15.0. The van der Waals surface area contributed by atoms with Crippen molar-refractivity contribution in [3.05, 3.63) is 65.2 Å². The molecule has 1 saturated heterocycles. The van der Waals surface area contributed by atoms with Gasteiger partial charge in [0, 0.05) is 49.6 Å². The van der Waals surface area contributed by atoms with Crippen LogP contribution in [0.25, 0.3) is 0 Å². The lowest BCUT2D eigenvalue weighted by atomic mass is 10.1. The summed E-state index contributed by atoms with van der Waals surface area (Å²) in [6.07, 6.45) is 0.263. The Balaban J connectivity index is 1.53. The molecule has 0 N–H and O–H groups in total. The van der Waals surface area contributed by atoms with Crippen LogP contribution in [0.3, 0.4) is 0 Å². The first-order valence-electron chi connectivity index (χ1n) is 8.99. The maximum absolute atomic E-state index is 12.7. The first-order valence-corrected chi connectivity index (χ1v) is 10.8. The predicted molar refractivity (Wildman–Crippen MR) is 107 cm³/mol. The highest BCUT2D eigenvalue weighted by Crippen LogP contribution is 2.21. The lowest BCUT2D eigenvalue weighted by Gasteiger charge is -2.34. The Morgan fingerprint density at radius 3 is 2.21 bits per heavy atom. The number of benzene rings is 2. The van der Waals surface area contributed by atoms with Gasteiger partial charge in [-0.25, -0.2) is 8.42 Å². The number of nitrogens with zero attached hydrogens (tertiary/aromatic N) is 2. The maximum Gasteiger partial charge on any atom is 0.243 e. The summed E-state index contributed by atoms with van der Waals surface area (Å²) in [6.45, 7) is 1.04. The van der Waals surface area contributed by atoms with Crippen LogP contribution in [-0.4, -0.2) is 55.5 Å². The molecule has 28 heavy (non-hydrogen) atoms. The Morgan fingerprint density at radius 2 is 1.57 bits per heavy atom. The van der Waals surface area contributed by atoms with Crippen molar-refractivity contribution in [2.75, 3.05) is 26.2 Å². The summed E-state index contributed by atoms with van der Waals surface area (Å²) in [5.41, 5.74) is 0.590. The fourth-order valence-electron chi connectivity index (χ4n) is 3.10. The third kappa shape index (κ3) is 4.79. The zero-order valence-electron chi connectivity index (χ0n) is 15.3.